The minimum atomic E-state index is 1.30. The lowest BCUT2D eigenvalue weighted by Gasteiger charge is -1.99. The maximum atomic E-state index is 2.38. The maximum absolute atomic E-state index is 2.38. The van der Waals surface area contributed by atoms with Crippen molar-refractivity contribution in [1.29, 1.82) is 0 Å². The zero-order valence-electron chi connectivity index (χ0n) is 9.48. The lowest BCUT2D eigenvalue weighted by Crippen LogP contribution is -1.74. The Hall–Kier alpha value is -1.13. The summed E-state index contributed by atoms with van der Waals surface area (Å²) in [5.41, 5.74) is 0. The van der Waals surface area contributed by atoms with Crippen LogP contribution in [0.15, 0.2) is 54.6 Å². The Morgan fingerprint density at radius 1 is 0.778 bits per heavy atom. The van der Waals surface area contributed by atoms with E-state index >= 15 is 0 Å². The molecule has 0 saturated heterocycles. The Kier molecular flexibility index (Phi) is 2.35. The van der Waals surface area contributed by atoms with E-state index in [-0.39, 0.29) is 0 Å². The summed E-state index contributed by atoms with van der Waals surface area (Å²) in [6.45, 7) is 0. The molecule has 4 rings (SSSR count). The van der Waals surface area contributed by atoms with Gasteiger partial charge in [0.15, 0.2) is 0 Å². The summed E-state index contributed by atoms with van der Waals surface area (Å²) in [6.07, 6.45) is 0. The average molecular weight is 360 g/mol. The van der Waals surface area contributed by atoms with Gasteiger partial charge in [0, 0.05) is 23.7 Å². The van der Waals surface area contributed by atoms with Crippen LogP contribution >= 0.6 is 33.9 Å². The quantitative estimate of drug-likeness (QED) is 0.347. The number of halogens is 1. The van der Waals surface area contributed by atoms with Crippen LogP contribution in [-0.4, -0.2) is 0 Å². The van der Waals surface area contributed by atoms with Crippen LogP contribution in [0, 0.1) is 3.57 Å². The third-order valence-electron chi connectivity index (χ3n) is 3.32. The third kappa shape index (κ3) is 1.49. The fraction of sp³-hybridized carbons (Fsp3) is 0. The van der Waals surface area contributed by atoms with Crippen LogP contribution in [0.25, 0.3) is 30.9 Å². The highest BCUT2D eigenvalue weighted by atomic mass is 127. The van der Waals surface area contributed by atoms with Crippen LogP contribution < -0.4 is 0 Å². The Morgan fingerprint density at radius 3 is 2.61 bits per heavy atom. The van der Waals surface area contributed by atoms with Gasteiger partial charge in [0.2, 0.25) is 0 Å². The summed E-state index contributed by atoms with van der Waals surface area (Å²) in [5.74, 6) is 0. The summed E-state index contributed by atoms with van der Waals surface area (Å²) in [4.78, 5) is 0. The van der Waals surface area contributed by atoms with Gasteiger partial charge in [-0.2, -0.15) is 0 Å². The number of fused-ring (bicyclic) bond motifs is 5. The summed E-state index contributed by atoms with van der Waals surface area (Å²) in [7, 11) is 0. The van der Waals surface area contributed by atoms with Gasteiger partial charge in [0.05, 0.1) is 0 Å². The second-order valence-electron chi connectivity index (χ2n) is 4.40. The molecule has 1 heterocycles. The molecule has 0 amide bonds. The number of benzene rings is 3. The Bertz CT molecular complexity index is 889. The van der Waals surface area contributed by atoms with Crippen LogP contribution in [-0.2, 0) is 0 Å². The Labute approximate surface area is 122 Å². The molecular formula is C16H9IS. The van der Waals surface area contributed by atoms with Gasteiger partial charge in [-0.15, -0.1) is 11.3 Å². The van der Waals surface area contributed by atoms with Crippen LogP contribution in [0.2, 0.25) is 0 Å². The number of rotatable bonds is 0. The molecule has 2 heteroatoms. The largest absolute Gasteiger partial charge is 0.135 e. The first-order valence-electron chi connectivity index (χ1n) is 5.82. The standard InChI is InChI=1S/C16H9IS/c17-11-6-7-13-15(9-11)18-14-8-5-10-3-1-2-4-12(10)16(13)14/h1-9H. The van der Waals surface area contributed by atoms with E-state index in [0.29, 0.717) is 0 Å². The van der Waals surface area contributed by atoms with Crippen molar-refractivity contribution in [2.75, 3.05) is 0 Å². The summed E-state index contributed by atoms with van der Waals surface area (Å²) in [6, 6.07) is 19.8. The number of hydrogen-bond acceptors (Lipinski definition) is 1. The van der Waals surface area contributed by atoms with E-state index in [1.54, 1.807) is 0 Å². The minimum absolute atomic E-state index is 1.30. The van der Waals surface area contributed by atoms with E-state index in [4.69, 9.17) is 0 Å². The molecule has 1 aromatic heterocycles. The average Bonchev–Trinajstić information content (AvgIpc) is 2.76. The first-order valence-corrected chi connectivity index (χ1v) is 7.72. The molecule has 4 aromatic rings. The molecule has 3 aromatic carbocycles. The first-order chi connectivity index (χ1) is 8.83. The predicted octanol–water partition coefficient (Wildman–Crippen LogP) is 5.81. The van der Waals surface area contributed by atoms with Gasteiger partial charge in [0.1, 0.15) is 0 Å². The van der Waals surface area contributed by atoms with Crippen molar-refractivity contribution in [3.8, 4) is 0 Å². The highest BCUT2D eigenvalue weighted by Gasteiger charge is 2.08. The van der Waals surface area contributed by atoms with Gasteiger partial charge in [-0.25, -0.2) is 0 Å². The van der Waals surface area contributed by atoms with Crippen LogP contribution in [0.4, 0.5) is 0 Å². The second-order valence-corrected chi connectivity index (χ2v) is 6.73. The molecule has 0 unspecified atom stereocenters. The van der Waals surface area contributed by atoms with E-state index < -0.39 is 0 Å². The van der Waals surface area contributed by atoms with E-state index in [1.807, 2.05) is 11.3 Å². The van der Waals surface area contributed by atoms with Crippen molar-refractivity contribution in [3.63, 3.8) is 0 Å². The molecule has 0 aliphatic heterocycles. The lowest BCUT2D eigenvalue weighted by atomic mass is 10.0. The summed E-state index contributed by atoms with van der Waals surface area (Å²) >= 11 is 4.26. The smallest absolute Gasteiger partial charge is 0.0366 e. The molecule has 0 spiro atoms. The SMILES string of the molecule is Ic1ccc2c(c1)sc1ccc3ccccc3c12. The predicted molar refractivity (Wildman–Crippen MR) is 89.6 cm³/mol. The van der Waals surface area contributed by atoms with E-state index in [1.165, 1.54) is 34.5 Å². The normalized spacial score (nSPS) is 11.6. The van der Waals surface area contributed by atoms with E-state index in [0.717, 1.165) is 0 Å². The van der Waals surface area contributed by atoms with E-state index in [9.17, 15) is 0 Å². The van der Waals surface area contributed by atoms with Crippen LogP contribution in [0.3, 0.4) is 0 Å². The van der Waals surface area contributed by atoms with Crippen LogP contribution in [0.1, 0.15) is 0 Å². The van der Waals surface area contributed by atoms with Crippen molar-refractivity contribution < 1.29 is 0 Å². The topological polar surface area (TPSA) is 0 Å². The molecule has 0 fully saturated rings. The minimum Gasteiger partial charge on any atom is -0.135 e. The first kappa shape index (κ1) is 10.8. The maximum Gasteiger partial charge on any atom is 0.0366 e. The van der Waals surface area contributed by atoms with Crippen molar-refractivity contribution in [1.82, 2.24) is 0 Å². The lowest BCUT2D eigenvalue weighted by molar-refractivity contribution is 1.77. The van der Waals surface area contributed by atoms with Crippen molar-refractivity contribution in [2.24, 2.45) is 0 Å². The zero-order valence-corrected chi connectivity index (χ0v) is 12.5. The van der Waals surface area contributed by atoms with Gasteiger partial charge in [0.25, 0.3) is 0 Å². The molecule has 0 N–H and O–H groups in total. The van der Waals surface area contributed by atoms with Crippen molar-refractivity contribution in [3.05, 3.63) is 58.2 Å². The molecular weight excluding hydrogens is 351 g/mol. The zero-order chi connectivity index (χ0) is 12.1. The molecule has 18 heavy (non-hydrogen) atoms. The molecule has 0 atom stereocenters. The van der Waals surface area contributed by atoms with Crippen LogP contribution in [0.5, 0.6) is 0 Å². The third-order valence-corrected chi connectivity index (χ3v) is 5.11. The van der Waals surface area contributed by atoms with Gasteiger partial charge < -0.3 is 0 Å². The summed E-state index contributed by atoms with van der Waals surface area (Å²) in [5, 5.41) is 5.47. The monoisotopic (exact) mass is 360 g/mol. The number of thiophene rings is 1. The molecule has 0 bridgehead atoms. The van der Waals surface area contributed by atoms with E-state index in [2.05, 4.69) is 77.2 Å². The second kappa shape index (κ2) is 3.93. The van der Waals surface area contributed by atoms with Gasteiger partial charge in [-0.1, -0.05) is 36.4 Å². The van der Waals surface area contributed by atoms with Gasteiger partial charge in [-0.3, -0.25) is 0 Å². The molecule has 0 aliphatic carbocycles. The Balaban J connectivity index is 2.33. The molecule has 0 nitrogen and oxygen atoms in total. The molecule has 86 valence electrons. The summed E-state index contributed by atoms with van der Waals surface area (Å²) < 4.78 is 4.06. The fourth-order valence-electron chi connectivity index (χ4n) is 2.52. The highest BCUT2D eigenvalue weighted by molar-refractivity contribution is 14.1. The molecule has 0 aliphatic rings. The van der Waals surface area contributed by atoms with Gasteiger partial charge >= 0.3 is 0 Å². The number of hydrogen-bond donors (Lipinski definition) is 0. The van der Waals surface area contributed by atoms with Crippen molar-refractivity contribution in [2.45, 2.75) is 0 Å². The van der Waals surface area contributed by atoms with Crippen molar-refractivity contribution >= 4 is 64.9 Å². The fourth-order valence-corrected chi connectivity index (χ4v) is 4.38. The molecule has 0 radical (unpaired) electrons. The highest BCUT2D eigenvalue weighted by Crippen LogP contribution is 2.38. The van der Waals surface area contributed by atoms with Gasteiger partial charge in [-0.05, 0) is 51.6 Å². The Morgan fingerprint density at radius 2 is 1.67 bits per heavy atom. The molecule has 0 saturated carbocycles.